The van der Waals surface area contributed by atoms with Gasteiger partial charge in [0, 0.05) is 26.2 Å². The Hall–Kier alpha value is -2.32. The Bertz CT molecular complexity index is 714. The number of benzene rings is 1. The van der Waals surface area contributed by atoms with Crippen LogP contribution in [0.4, 0.5) is 5.69 Å². The van der Waals surface area contributed by atoms with Crippen LogP contribution in [0, 0.1) is 0 Å². The van der Waals surface area contributed by atoms with Gasteiger partial charge in [-0.25, -0.2) is 10.6 Å². The van der Waals surface area contributed by atoms with Crippen molar-refractivity contribution < 1.29 is 9.21 Å². The van der Waals surface area contributed by atoms with E-state index in [1.54, 1.807) is 6.07 Å². The number of anilines is 1. The largest absolute Gasteiger partial charge is 0.420 e. The summed E-state index contributed by atoms with van der Waals surface area (Å²) in [6.45, 7) is 3.26. The number of carbonyl (C=O) groups excluding carboxylic acids is 1. The molecule has 21 heavy (non-hydrogen) atoms. The molecule has 1 saturated heterocycles. The molecule has 0 aliphatic carbocycles. The number of rotatable bonds is 3. The third-order valence-electron chi connectivity index (χ3n) is 3.59. The summed E-state index contributed by atoms with van der Waals surface area (Å²) in [6, 6.07) is 5.49. The molecule has 2 aromatic rings. The van der Waals surface area contributed by atoms with Crippen molar-refractivity contribution in [3.8, 4) is 0 Å². The first-order chi connectivity index (χ1) is 10.2. The lowest BCUT2D eigenvalue weighted by Crippen LogP contribution is -2.43. The average molecular weight is 291 g/mol. The summed E-state index contributed by atoms with van der Waals surface area (Å²) < 4.78 is 6.53. The standard InChI is InChI=1S/C13H17N5O3/c14-16-11(19)8-18-12-9(17-6-4-15-5-7-17)2-1-3-10(12)21-13(18)20/h1-3,15H,4-8,14H2,(H,16,19). The van der Waals surface area contributed by atoms with Crippen LogP contribution in [-0.2, 0) is 11.3 Å². The van der Waals surface area contributed by atoms with E-state index in [1.807, 2.05) is 17.6 Å². The fourth-order valence-electron chi connectivity index (χ4n) is 2.60. The molecule has 0 saturated carbocycles. The number of para-hydroxylation sites is 1. The summed E-state index contributed by atoms with van der Waals surface area (Å²) in [4.78, 5) is 25.6. The van der Waals surface area contributed by atoms with E-state index in [4.69, 9.17) is 10.3 Å². The van der Waals surface area contributed by atoms with Crippen molar-refractivity contribution >= 4 is 22.7 Å². The van der Waals surface area contributed by atoms with Gasteiger partial charge in [-0.3, -0.25) is 14.8 Å². The molecule has 0 radical (unpaired) electrons. The van der Waals surface area contributed by atoms with Gasteiger partial charge >= 0.3 is 5.76 Å². The summed E-state index contributed by atoms with van der Waals surface area (Å²) in [5.74, 6) is 4.09. The van der Waals surface area contributed by atoms with Gasteiger partial charge in [-0.1, -0.05) is 6.07 Å². The summed E-state index contributed by atoms with van der Waals surface area (Å²) >= 11 is 0. The van der Waals surface area contributed by atoms with Crippen LogP contribution in [0.1, 0.15) is 0 Å². The molecule has 1 aromatic heterocycles. The van der Waals surface area contributed by atoms with Crippen LogP contribution in [0.5, 0.6) is 0 Å². The fraction of sp³-hybridized carbons (Fsp3) is 0.385. The van der Waals surface area contributed by atoms with Crippen LogP contribution >= 0.6 is 0 Å². The van der Waals surface area contributed by atoms with Crippen LogP contribution in [0.25, 0.3) is 11.1 Å². The molecule has 1 aliphatic rings. The maximum atomic E-state index is 12.0. The summed E-state index contributed by atoms with van der Waals surface area (Å²) in [5, 5.41) is 3.28. The van der Waals surface area contributed by atoms with Gasteiger partial charge in [0.15, 0.2) is 5.58 Å². The zero-order valence-electron chi connectivity index (χ0n) is 11.5. The van der Waals surface area contributed by atoms with Gasteiger partial charge in [0.25, 0.3) is 5.91 Å². The van der Waals surface area contributed by atoms with Gasteiger partial charge in [-0.2, -0.15) is 0 Å². The number of nitrogens with two attached hydrogens (primary N) is 1. The molecule has 112 valence electrons. The van der Waals surface area contributed by atoms with Gasteiger partial charge in [-0.15, -0.1) is 0 Å². The lowest BCUT2D eigenvalue weighted by molar-refractivity contribution is -0.121. The second-order valence-corrected chi connectivity index (χ2v) is 4.88. The molecule has 1 amide bonds. The Balaban J connectivity index is 2.11. The van der Waals surface area contributed by atoms with Crippen molar-refractivity contribution in [1.29, 1.82) is 0 Å². The van der Waals surface area contributed by atoms with E-state index in [2.05, 4.69) is 10.2 Å². The minimum atomic E-state index is -0.559. The van der Waals surface area contributed by atoms with Crippen LogP contribution in [0.2, 0.25) is 0 Å². The number of hydrazine groups is 1. The molecule has 0 spiro atoms. The van der Waals surface area contributed by atoms with Crippen molar-refractivity contribution in [3.63, 3.8) is 0 Å². The van der Waals surface area contributed by atoms with Gasteiger partial charge in [0.05, 0.1) is 5.69 Å². The van der Waals surface area contributed by atoms with Crippen molar-refractivity contribution in [3.05, 3.63) is 28.7 Å². The first kappa shape index (κ1) is 13.7. The molecule has 4 N–H and O–H groups in total. The molecular formula is C13H17N5O3. The van der Waals surface area contributed by atoms with E-state index < -0.39 is 11.7 Å². The normalized spacial score (nSPS) is 15.4. The number of oxazole rings is 1. The molecule has 1 aromatic carbocycles. The quantitative estimate of drug-likeness (QED) is 0.380. The Morgan fingerprint density at radius 3 is 2.86 bits per heavy atom. The zero-order valence-corrected chi connectivity index (χ0v) is 11.5. The minimum Gasteiger partial charge on any atom is -0.408 e. The highest BCUT2D eigenvalue weighted by atomic mass is 16.4. The number of carbonyl (C=O) groups is 1. The highest BCUT2D eigenvalue weighted by Gasteiger charge is 2.20. The molecule has 1 fully saturated rings. The van der Waals surface area contributed by atoms with Gasteiger partial charge in [0.2, 0.25) is 0 Å². The van der Waals surface area contributed by atoms with Crippen molar-refractivity contribution in [2.45, 2.75) is 6.54 Å². The molecule has 0 unspecified atom stereocenters. The number of nitrogens with zero attached hydrogens (tertiary/aromatic N) is 2. The van der Waals surface area contributed by atoms with Crippen molar-refractivity contribution in [2.24, 2.45) is 5.84 Å². The number of aromatic nitrogens is 1. The molecule has 8 nitrogen and oxygen atoms in total. The zero-order chi connectivity index (χ0) is 14.8. The third-order valence-corrected chi connectivity index (χ3v) is 3.59. The first-order valence-corrected chi connectivity index (χ1v) is 6.78. The number of hydrogen-bond acceptors (Lipinski definition) is 6. The lowest BCUT2D eigenvalue weighted by atomic mass is 10.2. The molecule has 8 heteroatoms. The Kier molecular flexibility index (Phi) is 3.63. The highest BCUT2D eigenvalue weighted by molar-refractivity contribution is 5.89. The summed E-state index contributed by atoms with van der Waals surface area (Å²) in [6.07, 6.45) is 0. The maximum absolute atomic E-state index is 12.0. The Morgan fingerprint density at radius 2 is 2.14 bits per heavy atom. The van der Waals surface area contributed by atoms with Crippen molar-refractivity contribution in [1.82, 2.24) is 15.3 Å². The first-order valence-electron chi connectivity index (χ1n) is 6.78. The monoisotopic (exact) mass is 291 g/mol. The Morgan fingerprint density at radius 1 is 1.38 bits per heavy atom. The number of amides is 1. The third kappa shape index (κ3) is 2.50. The van der Waals surface area contributed by atoms with E-state index in [0.717, 1.165) is 31.9 Å². The molecule has 0 bridgehead atoms. The van der Waals surface area contributed by atoms with E-state index in [9.17, 15) is 9.59 Å². The van der Waals surface area contributed by atoms with Crippen LogP contribution in [-0.4, -0.2) is 36.7 Å². The lowest BCUT2D eigenvalue weighted by Gasteiger charge is -2.29. The molecule has 2 heterocycles. The molecule has 0 atom stereocenters. The molecule has 1 aliphatic heterocycles. The SMILES string of the molecule is NNC(=O)Cn1c(=O)oc2cccc(N3CCNCC3)c21. The smallest absolute Gasteiger partial charge is 0.408 e. The predicted molar refractivity (Wildman–Crippen MR) is 77.9 cm³/mol. The summed E-state index contributed by atoms with van der Waals surface area (Å²) in [7, 11) is 0. The Labute approximate surface area is 120 Å². The van der Waals surface area contributed by atoms with E-state index in [1.165, 1.54) is 4.57 Å². The minimum absolute atomic E-state index is 0.161. The number of hydrogen-bond donors (Lipinski definition) is 3. The van der Waals surface area contributed by atoms with Crippen LogP contribution in [0.15, 0.2) is 27.4 Å². The topological polar surface area (TPSA) is 106 Å². The second-order valence-electron chi connectivity index (χ2n) is 4.88. The average Bonchev–Trinajstić information content (AvgIpc) is 2.84. The fourth-order valence-corrected chi connectivity index (χ4v) is 2.60. The predicted octanol–water partition coefficient (Wildman–Crippen LogP) is -1.01. The van der Waals surface area contributed by atoms with Gasteiger partial charge in [-0.05, 0) is 12.1 Å². The summed E-state index contributed by atoms with van der Waals surface area (Å²) in [5.41, 5.74) is 4.03. The molecule has 3 rings (SSSR count). The molecular weight excluding hydrogens is 274 g/mol. The van der Waals surface area contributed by atoms with Crippen LogP contribution < -0.4 is 27.2 Å². The number of fused-ring (bicyclic) bond motifs is 1. The van der Waals surface area contributed by atoms with Gasteiger partial charge < -0.3 is 14.6 Å². The highest BCUT2D eigenvalue weighted by Crippen LogP contribution is 2.26. The van der Waals surface area contributed by atoms with Crippen molar-refractivity contribution in [2.75, 3.05) is 31.1 Å². The van der Waals surface area contributed by atoms with E-state index in [-0.39, 0.29) is 6.54 Å². The van der Waals surface area contributed by atoms with Gasteiger partial charge in [0.1, 0.15) is 12.1 Å². The number of nitrogens with one attached hydrogen (secondary N) is 2. The van der Waals surface area contributed by atoms with E-state index >= 15 is 0 Å². The number of piperazine rings is 1. The van der Waals surface area contributed by atoms with E-state index in [0.29, 0.717) is 11.1 Å². The second kappa shape index (κ2) is 5.58. The van der Waals surface area contributed by atoms with Crippen LogP contribution in [0.3, 0.4) is 0 Å². The maximum Gasteiger partial charge on any atom is 0.420 e.